The van der Waals surface area contributed by atoms with Crippen LogP contribution in [-0.4, -0.2) is 40.5 Å². The van der Waals surface area contributed by atoms with Crippen molar-refractivity contribution < 1.29 is 4.79 Å². The number of urea groups is 1. The van der Waals surface area contributed by atoms with Crippen LogP contribution in [0.3, 0.4) is 0 Å². The first-order valence-electron chi connectivity index (χ1n) is 11.9. The Labute approximate surface area is 195 Å². The second kappa shape index (κ2) is 9.22. The summed E-state index contributed by atoms with van der Waals surface area (Å²) in [5.41, 5.74) is 6.43. The molecule has 170 valence electrons. The topological polar surface area (TPSA) is 61.4 Å². The summed E-state index contributed by atoms with van der Waals surface area (Å²) >= 11 is 0. The van der Waals surface area contributed by atoms with E-state index in [9.17, 15) is 4.79 Å². The number of hydrogen-bond acceptors (Lipinski definition) is 4. The van der Waals surface area contributed by atoms with Crippen molar-refractivity contribution in [2.24, 2.45) is 0 Å². The molecule has 5 rings (SSSR count). The summed E-state index contributed by atoms with van der Waals surface area (Å²) in [5, 5.41) is 3.08. The van der Waals surface area contributed by atoms with E-state index in [0.29, 0.717) is 13.1 Å². The number of anilines is 2. The molecule has 6 nitrogen and oxygen atoms in total. The van der Waals surface area contributed by atoms with Gasteiger partial charge >= 0.3 is 6.03 Å². The van der Waals surface area contributed by atoms with Crippen molar-refractivity contribution in [3.63, 3.8) is 0 Å². The van der Waals surface area contributed by atoms with Gasteiger partial charge in [0.05, 0.1) is 12.2 Å². The van der Waals surface area contributed by atoms with Crippen LogP contribution in [0.2, 0.25) is 0 Å². The Morgan fingerprint density at radius 3 is 2.45 bits per heavy atom. The van der Waals surface area contributed by atoms with E-state index in [0.717, 1.165) is 53.7 Å². The van der Waals surface area contributed by atoms with Gasteiger partial charge in [0.2, 0.25) is 0 Å². The van der Waals surface area contributed by atoms with Crippen LogP contribution < -0.4 is 10.2 Å². The number of fused-ring (bicyclic) bond motifs is 1. The number of piperidine rings is 1. The fourth-order valence-corrected chi connectivity index (χ4v) is 4.68. The van der Waals surface area contributed by atoms with Crippen molar-refractivity contribution in [3.8, 4) is 11.4 Å². The van der Waals surface area contributed by atoms with Crippen LogP contribution in [0.1, 0.15) is 41.6 Å². The number of aromatic nitrogens is 2. The molecule has 2 amide bonds. The van der Waals surface area contributed by atoms with E-state index in [1.807, 2.05) is 41.3 Å². The lowest BCUT2D eigenvalue weighted by atomic mass is 10.0. The van der Waals surface area contributed by atoms with Gasteiger partial charge in [-0.15, -0.1) is 0 Å². The summed E-state index contributed by atoms with van der Waals surface area (Å²) in [6.07, 6.45) is 4.35. The van der Waals surface area contributed by atoms with Crippen LogP contribution in [0.4, 0.5) is 16.3 Å². The molecule has 6 heteroatoms. The summed E-state index contributed by atoms with van der Waals surface area (Å²) in [6, 6.07) is 16.2. The molecule has 3 aromatic rings. The van der Waals surface area contributed by atoms with E-state index in [4.69, 9.17) is 9.97 Å². The Morgan fingerprint density at radius 2 is 1.70 bits per heavy atom. The SMILES string of the molecule is Cc1ccc(NC(=O)N2CCc3nc(-c4ccccc4)nc(N4CCCCC4)c3C2)cc1C. The number of carbonyl (C=O) groups is 1. The normalized spacial score (nSPS) is 15.8. The lowest BCUT2D eigenvalue weighted by Crippen LogP contribution is -2.41. The van der Waals surface area contributed by atoms with E-state index < -0.39 is 0 Å². The Hall–Kier alpha value is -3.41. The van der Waals surface area contributed by atoms with Crippen molar-refractivity contribution in [1.29, 1.82) is 0 Å². The second-order valence-corrected chi connectivity index (χ2v) is 9.11. The molecule has 0 unspecified atom stereocenters. The molecule has 33 heavy (non-hydrogen) atoms. The first-order valence-corrected chi connectivity index (χ1v) is 11.9. The molecule has 1 saturated heterocycles. The molecule has 2 aliphatic heterocycles. The third-order valence-corrected chi connectivity index (χ3v) is 6.77. The third kappa shape index (κ3) is 4.56. The van der Waals surface area contributed by atoms with Crippen LogP contribution in [0.15, 0.2) is 48.5 Å². The highest BCUT2D eigenvalue weighted by atomic mass is 16.2. The van der Waals surface area contributed by atoms with Crippen molar-refractivity contribution in [2.45, 2.75) is 46.1 Å². The number of aryl methyl sites for hydroxylation is 2. The minimum atomic E-state index is -0.0689. The van der Waals surface area contributed by atoms with E-state index in [1.165, 1.54) is 30.4 Å². The van der Waals surface area contributed by atoms with E-state index in [-0.39, 0.29) is 6.03 Å². The van der Waals surface area contributed by atoms with E-state index >= 15 is 0 Å². The van der Waals surface area contributed by atoms with Gasteiger partial charge in [-0.2, -0.15) is 0 Å². The van der Waals surface area contributed by atoms with Crippen LogP contribution in [-0.2, 0) is 13.0 Å². The summed E-state index contributed by atoms with van der Waals surface area (Å²) < 4.78 is 0. The Bertz CT molecular complexity index is 1150. The molecule has 0 spiro atoms. The fourth-order valence-electron chi connectivity index (χ4n) is 4.68. The van der Waals surface area contributed by atoms with Crippen molar-refractivity contribution in [2.75, 3.05) is 29.9 Å². The lowest BCUT2D eigenvalue weighted by Gasteiger charge is -2.34. The third-order valence-electron chi connectivity index (χ3n) is 6.77. The van der Waals surface area contributed by atoms with Gasteiger partial charge in [-0.25, -0.2) is 14.8 Å². The average Bonchev–Trinajstić information content (AvgIpc) is 2.86. The number of amides is 2. The maximum atomic E-state index is 13.1. The zero-order chi connectivity index (χ0) is 22.8. The first kappa shape index (κ1) is 21.4. The minimum absolute atomic E-state index is 0.0689. The van der Waals surface area contributed by atoms with E-state index in [1.54, 1.807) is 0 Å². The van der Waals surface area contributed by atoms with Crippen LogP contribution in [0, 0.1) is 13.8 Å². The van der Waals surface area contributed by atoms with Crippen LogP contribution in [0.25, 0.3) is 11.4 Å². The highest BCUT2D eigenvalue weighted by Crippen LogP contribution is 2.31. The maximum absolute atomic E-state index is 13.1. The predicted octanol–water partition coefficient (Wildman–Crippen LogP) is 5.34. The zero-order valence-electron chi connectivity index (χ0n) is 19.5. The van der Waals surface area contributed by atoms with Gasteiger partial charge in [-0.05, 0) is 56.4 Å². The van der Waals surface area contributed by atoms with Gasteiger partial charge < -0.3 is 15.1 Å². The summed E-state index contributed by atoms with van der Waals surface area (Å²) in [5.74, 6) is 1.78. The Balaban J connectivity index is 1.44. The summed E-state index contributed by atoms with van der Waals surface area (Å²) in [4.78, 5) is 27.4. The van der Waals surface area contributed by atoms with Gasteiger partial charge in [0.15, 0.2) is 5.82 Å². The van der Waals surface area contributed by atoms with Crippen LogP contribution >= 0.6 is 0 Å². The van der Waals surface area contributed by atoms with Crippen molar-refractivity contribution in [1.82, 2.24) is 14.9 Å². The smallest absolute Gasteiger partial charge is 0.322 e. The molecule has 0 bridgehead atoms. The molecule has 2 aromatic carbocycles. The van der Waals surface area contributed by atoms with E-state index in [2.05, 4.69) is 36.2 Å². The van der Waals surface area contributed by atoms with Gasteiger partial charge in [-0.3, -0.25) is 0 Å². The molecule has 0 radical (unpaired) electrons. The van der Waals surface area contributed by atoms with Crippen LogP contribution in [0.5, 0.6) is 0 Å². The maximum Gasteiger partial charge on any atom is 0.322 e. The van der Waals surface area contributed by atoms with Gasteiger partial charge in [-0.1, -0.05) is 36.4 Å². The average molecular weight is 442 g/mol. The largest absolute Gasteiger partial charge is 0.356 e. The van der Waals surface area contributed by atoms with Gasteiger partial charge in [0, 0.05) is 42.9 Å². The highest BCUT2D eigenvalue weighted by molar-refractivity contribution is 5.89. The summed E-state index contributed by atoms with van der Waals surface area (Å²) in [6.45, 7) is 7.34. The molecule has 1 N–H and O–H groups in total. The number of rotatable bonds is 3. The molecule has 1 fully saturated rings. The molecule has 2 aliphatic rings. The van der Waals surface area contributed by atoms with Crippen molar-refractivity contribution >= 4 is 17.5 Å². The minimum Gasteiger partial charge on any atom is -0.356 e. The summed E-state index contributed by atoms with van der Waals surface area (Å²) in [7, 11) is 0. The molecule has 0 saturated carbocycles. The number of nitrogens with zero attached hydrogens (tertiary/aromatic N) is 4. The second-order valence-electron chi connectivity index (χ2n) is 9.11. The van der Waals surface area contributed by atoms with Gasteiger partial charge in [0.1, 0.15) is 5.82 Å². The lowest BCUT2D eigenvalue weighted by molar-refractivity contribution is 0.206. The molecule has 1 aromatic heterocycles. The van der Waals surface area contributed by atoms with Crippen molar-refractivity contribution in [3.05, 3.63) is 70.9 Å². The highest BCUT2D eigenvalue weighted by Gasteiger charge is 2.28. The molecular formula is C27H31N5O. The standard InChI is InChI=1S/C27H31N5O/c1-19-11-12-22(17-20(19)2)28-27(33)32-16-13-24-23(18-32)26(31-14-7-4-8-15-31)30-25(29-24)21-9-5-3-6-10-21/h3,5-6,9-12,17H,4,7-8,13-16,18H2,1-2H3,(H,28,33). The van der Waals surface area contributed by atoms with Gasteiger partial charge in [0.25, 0.3) is 0 Å². The Kier molecular flexibility index (Phi) is 5.99. The molecule has 0 atom stereocenters. The Morgan fingerprint density at radius 1 is 0.909 bits per heavy atom. The zero-order valence-corrected chi connectivity index (χ0v) is 19.5. The molecule has 0 aliphatic carbocycles. The monoisotopic (exact) mass is 441 g/mol. The quantitative estimate of drug-likeness (QED) is 0.596. The number of benzene rings is 2. The first-order chi connectivity index (χ1) is 16.1. The number of hydrogen-bond donors (Lipinski definition) is 1. The fraction of sp³-hybridized carbons (Fsp3) is 0.370. The number of nitrogens with one attached hydrogen (secondary N) is 1. The predicted molar refractivity (Wildman–Crippen MR) is 133 cm³/mol. The molecule has 3 heterocycles. The molecular weight excluding hydrogens is 410 g/mol. The number of carbonyl (C=O) groups excluding carboxylic acids is 1.